The lowest BCUT2D eigenvalue weighted by Gasteiger charge is -2.12. The van der Waals surface area contributed by atoms with Crippen LogP contribution in [0.3, 0.4) is 0 Å². The van der Waals surface area contributed by atoms with Gasteiger partial charge < -0.3 is 11.1 Å². The largest absolute Gasteiger partial charge is 0.326 e. The van der Waals surface area contributed by atoms with Gasteiger partial charge in [-0.15, -0.1) is 0 Å². The minimum atomic E-state index is 0.647. The predicted octanol–water partition coefficient (Wildman–Crippen LogP) is 2.32. The van der Waals surface area contributed by atoms with E-state index in [1.54, 1.807) is 0 Å². The molecule has 2 rings (SSSR count). The van der Waals surface area contributed by atoms with Crippen molar-refractivity contribution in [1.82, 2.24) is 5.32 Å². The minimum absolute atomic E-state index is 0.647. The molecule has 1 saturated carbocycles. The van der Waals surface area contributed by atoms with E-state index >= 15 is 0 Å². The Hall–Kier alpha value is -0.860. The summed E-state index contributed by atoms with van der Waals surface area (Å²) in [7, 11) is 0. The lowest BCUT2D eigenvalue weighted by molar-refractivity contribution is 0.464. The maximum absolute atomic E-state index is 5.73. The second-order valence-electron chi connectivity index (χ2n) is 5.24. The van der Waals surface area contributed by atoms with Crippen molar-refractivity contribution < 1.29 is 0 Å². The third-order valence-corrected chi connectivity index (χ3v) is 3.80. The molecule has 1 aliphatic rings. The summed E-state index contributed by atoms with van der Waals surface area (Å²) in [6, 6.07) is 8.48. The molecule has 1 atom stereocenters. The van der Waals surface area contributed by atoms with Crippen LogP contribution in [0.1, 0.15) is 30.9 Å². The SMILES string of the molecule is CC(CNCCc1ccccc1CN)C1CC1. The van der Waals surface area contributed by atoms with Gasteiger partial charge in [0.05, 0.1) is 0 Å². The Kier molecular flexibility index (Phi) is 4.57. The van der Waals surface area contributed by atoms with Gasteiger partial charge >= 0.3 is 0 Å². The summed E-state index contributed by atoms with van der Waals surface area (Å²) in [6.07, 6.45) is 3.97. The topological polar surface area (TPSA) is 38.0 Å². The predicted molar refractivity (Wildman–Crippen MR) is 72.8 cm³/mol. The van der Waals surface area contributed by atoms with E-state index in [9.17, 15) is 0 Å². The molecule has 0 aromatic heterocycles. The Bertz CT molecular complexity index is 345. The molecule has 0 radical (unpaired) electrons. The van der Waals surface area contributed by atoms with E-state index in [4.69, 9.17) is 5.73 Å². The van der Waals surface area contributed by atoms with Gasteiger partial charge in [0.25, 0.3) is 0 Å². The first-order valence-electron chi connectivity index (χ1n) is 6.79. The summed E-state index contributed by atoms with van der Waals surface area (Å²) in [5.74, 6) is 1.85. The Morgan fingerprint density at radius 3 is 2.65 bits per heavy atom. The van der Waals surface area contributed by atoms with Crippen molar-refractivity contribution >= 4 is 0 Å². The Morgan fingerprint density at radius 2 is 2.00 bits per heavy atom. The average molecular weight is 232 g/mol. The average Bonchev–Trinajstić information content (AvgIpc) is 3.19. The normalized spacial score (nSPS) is 17.1. The molecule has 0 bridgehead atoms. The molecule has 0 amide bonds. The number of nitrogens with one attached hydrogen (secondary N) is 1. The highest BCUT2D eigenvalue weighted by Crippen LogP contribution is 2.35. The zero-order valence-electron chi connectivity index (χ0n) is 10.8. The van der Waals surface area contributed by atoms with Crippen molar-refractivity contribution in [3.63, 3.8) is 0 Å². The van der Waals surface area contributed by atoms with Crippen molar-refractivity contribution in [3.05, 3.63) is 35.4 Å². The van der Waals surface area contributed by atoms with Crippen molar-refractivity contribution in [2.24, 2.45) is 17.6 Å². The van der Waals surface area contributed by atoms with E-state index in [2.05, 4.69) is 36.5 Å². The highest BCUT2D eigenvalue weighted by molar-refractivity contribution is 5.27. The van der Waals surface area contributed by atoms with Gasteiger partial charge in [0.15, 0.2) is 0 Å². The molecule has 0 spiro atoms. The van der Waals surface area contributed by atoms with E-state index in [1.807, 2.05) is 0 Å². The highest BCUT2D eigenvalue weighted by atomic mass is 14.9. The molecule has 1 aliphatic carbocycles. The van der Waals surface area contributed by atoms with E-state index in [0.29, 0.717) is 6.54 Å². The van der Waals surface area contributed by atoms with Gasteiger partial charge in [0.2, 0.25) is 0 Å². The van der Waals surface area contributed by atoms with E-state index < -0.39 is 0 Å². The van der Waals surface area contributed by atoms with Crippen LogP contribution in [0.4, 0.5) is 0 Å². The van der Waals surface area contributed by atoms with Crippen LogP contribution in [0, 0.1) is 11.8 Å². The molecule has 94 valence electrons. The minimum Gasteiger partial charge on any atom is -0.326 e. The summed E-state index contributed by atoms with van der Waals surface area (Å²) in [5, 5.41) is 3.57. The second kappa shape index (κ2) is 6.18. The fraction of sp³-hybridized carbons (Fsp3) is 0.600. The molecule has 2 nitrogen and oxygen atoms in total. The molecule has 3 N–H and O–H groups in total. The third-order valence-electron chi connectivity index (χ3n) is 3.80. The lowest BCUT2D eigenvalue weighted by Crippen LogP contribution is -2.24. The van der Waals surface area contributed by atoms with Crippen LogP contribution in [-0.2, 0) is 13.0 Å². The number of hydrogen-bond donors (Lipinski definition) is 2. The first-order chi connectivity index (χ1) is 8.31. The van der Waals surface area contributed by atoms with Crippen molar-refractivity contribution in [2.45, 2.75) is 32.7 Å². The van der Waals surface area contributed by atoms with Crippen LogP contribution in [0.5, 0.6) is 0 Å². The van der Waals surface area contributed by atoms with Gasteiger partial charge in [-0.2, -0.15) is 0 Å². The Labute approximate surface area is 105 Å². The van der Waals surface area contributed by atoms with Gasteiger partial charge in [-0.25, -0.2) is 0 Å². The second-order valence-corrected chi connectivity index (χ2v) is 5.24. The van der Waals surface area contributed by atoms with Gasteiger partial charge in [-0.1, -0.05) is 31.2 Å². The van der Waals surface area contributed by atoms with Crippen LogP contribution >= 0.6 is 0 Å². The maximum atomic E-state index is 5.73. The molecule has 1 unspecified atom stereocenters. The number of nitrogens with two attached hydrogens (primary N) is 1. The van der Waals surface area contributed by atoms with E-state index in [1.165, 1.54) is 24.0 Å². The summed E-state index contributed by atoms with van der Waals surface area (Å²) in [5.41, 5.74) is 8.40. The zero-order chi connectivity index (χ0) is 12.1. The quantitative estimate of drug-likeness (QED) is 0.708. The van der Waals surface area contributed by atoms with Gasteiger partial charge in [0, 0.05) is 6.54 Å². The standard InChI is InChI=1S/C15H24N2/c1-12(13-6-7-13)11-17-9-8-14-4-2-3-5-15(14)10-16/h2-5,12-13,17H,6-11,16H2,1H3. The van der Waals surface area contributed by atoms with Crippen LogP contribution in [0.15, 0.2) is 24.3 Å². The molecule has 1 fully saturated rings. The smallest absolute Gasteiger partial charge is 0.0180 e. The molecule has 0 heterocycles. The first kappa shape index (κ1) is 12.6. The molecule has 1 aromatic carbocycles. The molecule has 17 heavy (non-hydrogen) atoms. The zero-order valence-corrected chi connectivity index (χ0v) is 10.8. The third kappa shape index (κ3) is 3.83. The van der Waals surface area contributed by atoms with Gasteiger partial charge in [0.1, 0.15) is 0 Å². The highest BCUT2D eigenvalue weighted by Gasteiger charge is 2.27. The summed E-state index contributed by atoms with van der Waals surface area (Å²) in [4.78, 5) is 0. The van der Waals surface area contributed by atoms with E-state index in [0.717, 1.165) is 31.3 Å². The Morgan fingerprint density at radius 1 is 1.29 bits per heavy atom. The molecule has 0 saturated heterocycles. The van der Waals surface area contributed by atoms with Crippen LogP contribution in [0.2, 0.25) is 0 Å². The summed E-state index contributed by atoms with van der Waals surface area (Å²) < 4.78 is 0. The maximum Gasteiger partial charge on any atom is 0.0180 e. The number of benzene rings is 1. The molecule has 1 aromatic rings. The van der Waals surface area contributed by atoms with E-state index in [-0.39, 0.29) is 0 Å². The van der Waals surface area contributed by atoms with Crippen molar-refractivity contribution in [1.29, 1.82) is 0 Å². The molecular formula is C15H24N2. The number of rotatable bonds is 7. The van der Waals surface area contributed by atoms with Crippen LogP contribution in [0.25, 0.3) is 0 Å². The first-order valence-corrected chi connectivity index (χ1v) is 6.79. The molecule has 0 aliphatic heterocycles. The van der Waals surface area contributed by atoms with Gasteiger partial charge in [-0.05, 0) is 55.3 Å². The fourth-order valence-corrected chi connectivity index (χ4v) is 2.39. The Balaban J connectivity index is 1.70. The van der Waals surface area contributed by atoms with Crippen molar-refractivity contribution in [2.75, 3.05) is 13.1 Å². The van der Waals surface area contributed by atoms with Crippen LogP contribution < -0.4 is 11.1 Å². The number of hydrogen-bond acceptors (Lipinski definition) is 2. The van der Waals surface area contributed by atoms with Crippen molar-refractivity contribution in [3.8, 4) is 0 Å². The summed E-state index contributed by atoms with van der Waals surface area (Å²) >= 11 is 0. The molecule has 2 heteroatoms. The lowest BCUT2D eigenvalue weighted by atomic mass is 10.0. The monoisotopic (exact) mass is 232 g/mol. The molecular weight excluding hydrogens is 208 g/mol. The fourth-order valence-electron chi connectivity index (χ4n) is 2.39. The van der Waals surface area contributed by atoms with Gasteiger partial charge in [-0.3, -0.25) is 0 Å². The van der Waals surface area contributed by atoms with Crippen LogP contribution in [-0.4, -0.2) is 13.1 Å². The summed E-state index contributed by atoms with van der Waals surface area (Å²) in [6.45, 7) is 5.23.